The molecular formula is C15H28. The summed E-state index contributed by atoms with van der Waals surface area (Å²) in [5, 5.41) is 0. The summed E-state index contributed by atoms with van der Waals surface area (Å²) >= 11 is 0. The van der Waals surface area contributed by atoms with Gasteiger partial charge in [-0.1, -0.05) is 39.3 Å². The predicted molar refractivity (Wildman–Crippen MR) is 68.9 cm³/mol. The fraction of sp³-hybridized carbons (Fsp3) is 0.867. The highest BCUT2D eigenvalue weighted by Gasteiger charge is 2.44. The van der Waals surface area contributed by atoms with Gasteiger partial charge in [0.15, 0.2) is 0 Å². The van der Waals surface area contributed by atoms with E-state index in [1.807, 2.05) is 0 Å². The van der Waals surface area contributed by atoms with Gasteiger partial charge < -0.3 is 0 Å². The van der Waals surface area contributed by atoms with Gasteiger partial charge in [0, 0.05) is 0 Å². The lowest BCUT2D eigenvalue weighted by Crippen LogP contribution is -2.09. The highest BCUT2D eigenvalue weighted by atomic mass is 14.5. The van der Waals surface area contributed by atoms with Crippen LogP contribution in [-0.2, 0) is 0 Å². The molecule has 0 aromatic carbocycles. The van der Waals surface area contributed by atoms with Crippen molar-refractivity contribution in [2.75, 3.05) is 0 Å². The van der Waals surface area contributed by atoms with E-state index >= 15 is 0 Å². The first-order valence-corrected chi connectivity index (χ1v) is 6.45. The van der Waals surface area contributed by atoms with E-state index in [4.69, 9.17) is 0 Å². The van der Waals surface area contributed by atoms with Crippen molar-refractivity contribution in [2.24, 2.45) is 23.2 Å². The molecule has 3 atom stereocenters. The Labute approximate surface area is 96.2 Å². The van der Waals surface area contributed by atoms with Crippen molar-refractivity contribution in [3.8, 4) is 0 Å². The molecular weight excluding hydrogens is 180 g/mol. The summed E-state index contributed by atoms with van der Waals surface area (Å²) in [7, 11) is 0. The van der Waals surface area contributed by atoms with Crippen LogP contribution in [0.3, 0.4) is 0 Å². The largest absolute Gasteiger partial charge is 0.0830 e. The molecule has 0 heterocycles. The standard InChI is InChI=1S/C15H28/c1-11(2)9-12(3)7-8-13-10-14(13)15(4,5)6/h9,12-14H,7-8,10H2,1-6H3. The topological polar surface area (TPSA) is 0 Å². The van der Waals surface area contributed by atoms with Gasteiger partial charge >= 0.3 is 0 Å². The van der Waals surface area contributed by atoms with Crippen molar-refractivity contribution < 1.29 is 0 Å². The molecule has 0 spiro atoms. The maximum atomic E-state index is 2.41. The summed E-state index contributed by atoms with van der Waals surface area (Å²) < 4.78 is 0. The van der Waals surface area contributed by atoms with Gasteiger partial charge in [0.2, 0.25) is 0 Å². The fourth-order valence-electron chi connectivity index (χ4n) is 2.76. The quantitative estimate of drug-likeness (QED) is 0.567. The van der Waals surface area contributed by atoms with Crippen LogP contribution in [0.15, 0.2) is 11.6 Å². The molecule has 0 radical (unpaired) electrons. The summed E-state index contributed by atoms with van der Waals surface area (Å²) in [5.74, 6) is 2.80. The average Bonchev–Trinajstić information content (AvgIpc) is 2.76. The third-order valence-corrected chi connectivity index (χ3v) is 3.65. The lowest BCUT2D eigenvalue weighted by molar-refractivity contribution is 0.322. The molecule has 1 rings (SSSR count). The monoisotopic (exact) mass is 208 g/mol. The second kappa shape index (κ2) is 4.72. The van der Waals surface area contributed by atoms with E-state index in [2.05, 4.69) is 47.6 Å². The van der Waals surface area contributed by atoms with Crippen LogP contribution in [0.4, 0.5) is 0 Å². The molecule has 0 N–H and O–H groups in total. The Bertz CT molecular complexity index is 225. The Morgan fingerprint density at radius 1 is 1.33 bits per heavy atom. The summed E-state index contributed by atoms with van der Waals surface area (Å²) in [4.78, 5) is 0. The lowest BCUT2D eigenvalue weighted by atomic mass is 9.87. The van der Waals surface area contributed by atoms with E-state index in [-0.39, 0.29) is 0 Å². The summed E-state index contributed by atoms with van der Waals surface area (Å²) in [6.45, 7) is 13.9. The Kier molecular flexibility index (Phi) is 4.03. The Hall–Kier alpha value is -0.260. The molecule has 0 saturated heterocycles. The van der Waals surface area contributed by atoms with Gasteiger partial charge in [0.25, 0.3) is 0 Å². The van der Waals surface area contributed by atoms with Gasteiger partial charge in [-0.15, -0.1) is 0 Å². The molecule has 0 amide bonds. The zero-order chi connectivity index (χ0) is 11.6. The Morgan fingerprint density at radius 3 is 2.33 bits per heavy atom. The first kappa shape index (κ1) is 12.8. The number of hydrogen-bond acceptors (Lipinski definition) is 0. The van der Waals surface area contributed by atoms with Crippen molar-refractivity contribution in [3.63, 3.8) is 0 Å². The van der Waals surface area contributed by atoms with Crippen LogP contribution in [0.5, 0.6) is 0 Å². The van der Waals surface area contributed by atoms with Gasteiger partial charge in [0.05, 0.1) is 0 Å². The second-order valence-electron chi connectivity index (χ2n) is 6.77. The van der Waals surface area contributed by atoms with Crippen LogP contribution >= 0.6 is 0 Å². The van der Waals surface area contributed by atoms with Crippen LogP contribution < -0.4 is 0 Å². The highest BCUT2D eigenvalue weighted by molar-refractivity contribution is 4.98. The number of rotatable bonds is 4. The third kappa shape index (κ3) is 4.40. The molecule has 3 unspecified atom stereocenters. The summed E-state index contributed by atoms with van der Waals surface area (Å²) in [5.41, 5.74) is 2.01. The first-order valence-electron chi connectivity index (χ1n) is 6.45. The van der Waals surface area contributed by atoms with E-state index < -0.39 is 0 Å². The van der Waals surface area contributed by atoms with E-state index in [0.717, 1.165) is 17.8 Å². The van der Waals surface area contributed by atoms with Crippen LogP contribution in [0.25, 0.3) is 0 Å². The summed E-state index contributed by atoms with van der Waals surface area (Å²) in [6, 6.07) is 0. The molecule has 1 aliphatic carbocycles. The van der Waals surface area contributed by atoms with Crippen molar-refractivity contribution in [3.05, 3.63) is 11.6 Å². The average molecular weight is 208 g/mol. The molecule has 1 saturated carbocycles. The molecule has 0 bridgehead atoms. The molecule has 88 valence electrons. The molecule has 0 aromatic rings. The van der Waals surface area contributed by atoms with Crippen LogP contribution in [0.1, 0.15) is 60.8 Å². The van der Waals surface area contributed by atoms with Crippen molar-refractivity contribution in [1.82, 2.24) is 0 Å². The van der Waals surface area contributed by atoms with Gasteiger partial charge in [-0.2, -0.15) is 0 Å². The van der Waals surface area contributed by atoms with E-state index in [1.165, 1.54) is 24.8 Å². The minimum atomic E-state index is 0.546. The zero-order valence-electron chi connectivity index (χ0n) is 11.4. The van der Waals surface area contributed by atoms with Gasteiger partial charge in [0.1, 0.15) is 0 Å². The van der Waals surface area contributed by atoms with Gasteiger partial charge in [-0.3, -0.25) is 0 Å². The SMILES string of the molecule is CC(C)=CC(C)CCC1CC1C(C)(C)C. The van der Waals surface area contributed by atoms with E-state index in [9.17, 15) is 0 Å². The molecule has 1 fully saturated rings. The number of allylic oxidation sites excluding steroid dienone is 2. The molecule has 0 nitrogen and oxygen atoms in total. The zero-order valence-corrected chi connectivity index (χ0v) is 11.4. The van der Waals surface area contributed by atoms with Crippen LogP contribution in [0, 0.1) is 23.2 Å². The van der Waals surface area contributed by atoms with Crippen molar-refractivity contribution >= 4 is 0 Å². The Morgan fingerprint density at radius 2 is 1.93 bits per heavy atom. The predicted octanol–water partition coefficient (Wildman–Crippen LogP) is 5.05. The lowest BCUT2D eigenvalue weighted by Gasteiger charge is -2.18. The normalized spacial score (nSPS) is 27.3. The molecule has 0 aromatic heterocycles. The van der Waals surface area contributed by atoms with Crippen LogP contribution in [-0.4, -0.2) is 0 Å². The van der Waals surface area contributed by atoms with E-state index in [1.54, 1.807) is 0 Å². The number of hydrogen-bond donors (Lipinski definition) is 0. The Balaban J connectivity index is 2.21. The van der Waals surface area contributed by atoms with Gasteiger partial charge in [-0.05, 0) is 56.3 Å². The fourth-order valence-corrected chi connectivity index (χ4v) is 2.76. The molecule has 1 aliphatic rings. The minimum absolute atomic E-state index is 0.546. The maximum Gasteiger partial charge on any atom is -0.0259 e. The van der Waals surface area contributed by atoms with Crippen molar-refractivity contribution in [1.29, 1.82) is 0 Å². The minimum Gasteiger partial charge on any atom is -0.0830 e. The summed E-state index contributed by atoms with van der Waals surface area (Å²) in [6.07, 6.45) is 6.70. The van der Waals surface area contributed by atoms with Gasteiger partial charge in [-0.25, -0.2) is 0 Å². The van der Waals surface area contributed by atoms with Crippen LogP contribution in [0.2, 0.25) is 0 Å². The smallest absolute Gasteiger partial charge is 0.0259 e. The van der Waals surface area contributed by atoms with Crippen molar-refractivity contribution in [2.45, 2.75) is 60.8 Å². The second-order valence-corrected chi connectivity index (χ2v) is 6.77. The molecule has 0 aliphatic heterocycles. The van der Waals surface area contributed by atoms with E-state index in [0.29, 0.717) is 5.41 Å². The third-order valence-electron chi connectivity index (χ3n) is 3.65. The maximum absolute atomic E-state index is 2.41. The first-order chi connectivity index (χ1) is 6.80. The molecule has 0 heteroatoms. The molecule has 15 heavy (non-hydrogen) atoms. The highest BCUT2D eigenvalue weighted by Crippen LogP contribution is 2.53.